The molecular formula is C20H21F3N2O5S. The molecule has 0 unspecified atom stereocenters. The maximum atomic E-state index is 12.7. The summed E-state index contributed by atoms with van der Waals surface area (Å²) in [5.41, 5.74) is 1.84. The Kier molecular flexibility index (Phi) is 7.63. The molecule has 0 spiro atoms. The predicted octanol–water partition coefficient (Wildman–Crippen LogP) is 3.37. The Labute approximate surface area is 180 Å². The maximum absolute atomic E-state index is 12.7. The number of fused-ring (bicyclic) bond motifs is 1. The van der Waals surface area contributed by atoms with Gasteiger partial charge in [0.1, 0.15) is 6.10 Å². The molecule has 168 valence electrons. The van der Waals surface area contributed by atoms with Crippen LogP contribution in [-0.4, -0.2) is 64.4 Å². The van der Waals surface area contributed by atoms with Crippen molar-refractivity contribution in [3.05, 3.63) is 52.5 Å². The Balaban J connectivity index is 0.000000339. The summed E-state index contributed by atoms with van der Waals surface area (Å²) < 4.78 is 43.8. The van der Waals surface area contributed by atoms with Crippen LogP contribution in [0, 0.1) is 0 Å². The summed E-state index contributed by atoms with van der Waals surface area (Å²) in [6.45, 7) is 1.76. The summed E-state index contributed by atoms with van der Waals surface area (Å²) in [7, 11) is 0. The minimum atomic E-state index is -5.08. The highest BCUT2D eigenvalue weighted by atomic mass is 32.1. The van der Waals surface area contributed by atoms with E-state index in [1.54, 1.807) is 17.5 Å². The van der Waals surface area contributed by atoms with E-state index in [2.05, 4.69) is 4.98 Å². The van der Waals surface area contributed by atoms with Gasteiger partial charge in [-0.25, -0.2) is 4.79 Å². The number of aromatic nitrogens is 1. The number of halogens is 3. The van der Waals surface area contributed by atoms with Crippen LogP contribution >= 0.6 is 11.3 Å². The van der Waals surface area contributed by atoms with E-state index in [1.807, 2.05) is 40.1 Å². The highest BCUT2D eigenvalue weighted by Gasteiger charge is 2.45. The summed E-state index contributed by atoms with van der Waals surface area (Å²) in [6, 6.07) is 5.93. The fraction of sp³-hybridized carbons (Fsp3) is 0.450. The number of aliphatic carboxylic acids is 1. The second kappa shape index (κ2) is 10.2. The van der Waals surface area contributed by atoms with Crippen LogP contribution in [0.1, 0.15) is 28.8 Å². The molecule has 31 heavy (non-hydrogen) atoms. The number of thiophene rings is 1. The molecule has 2 aliphatic rings. The van der Waals surface area contributed by atoms with Gasteiger partial charge < -0.3 is 19.5 Å². The molecule has 1 N–H and O–H groups in total. The van der Waals surface area contributed by atoms with Crippen molar-refractivity contribution in [3.8, 4) is 0 Å². The average molecular weight is 458 g/mol. The fourth-order valence-corrected chi connectivity index (χ4v) is 4.21. The predicted molar refractivity (Wildman–Crippen MR) is 105 cm³/mol. The Morgan fingerprint density at radius 1 is 1.32 bits per heavy atom. The zero-order valence-electron chi connectivity index (χ0n) is 16.3. The van der Waals surface area contributed by atoms with E-state index in [0.29, 0.717) is 19.8 Å². The molecule has 3 heterocycles. The van der Waals surface area contributed by atoms with Crippen molar-refractivity contribution >= 4 is 23.2 Å². The number of amides is 1. The van der Waals surface area contributed by atoms with Gasteiger partial charge in [-0.15, -0.1) is 0 Å². The highest BCUT2D eigenvalue weighted by Crippen LogP contribution is 2.33. The number of hydrogen-bond acceptors (Lipinski definition) is 6. The molecule has 1 saturated heterocycles. The second-order valence-electron chi connectivity index (χ2n) is 7.00. The lowest BCUT2D eigenvalue weighted by molar-refractivity contribution is -0.192. The third kappa shape index (κ3) is 6.02. The van der Waals surface area contributed by atoms with Gasteiger partial charge in [0, 0.05) is 24.3 Å². The van der Waals surface area contributed by atoms with Gasteiger partial charge in [-0.2, -0.15) is 24.5 Å². The van der Waals surface area contributed by atoms with Crippen LogP contribution in [0.5, 0.6) is 0 Å². The molecule has 1 amide bonds. The number of carboxylic acid groups (broad SMARTS) is 1. The standard InChI is InChI=1S/C18H20N2O3S.C2HF3O2/c21-18(14-5-9-24-12-14)20-7-8-22-17-15(20)3-4-16(17)23-11-13-2-1-6-19-10-13;3-2(4,5)1(6)7/h1-2,5-6,9-10,12,15-17H,3-4,7-8,11H2;(H,6,7)/t15-,16+,17+;/m0./s1. The molecule has 0 aromatic carbocycles. The lowest BCUT2D eigenvalue weighted by Crippen LogP contribution is -2.53. The summed E-state index contributed by atoms with van der Waals surface area (Å²) in [6.07, 6.45) is 0.348. The molecule has 1 aliphatic heterocycles. The minimum Gasteiger partial charge on any atom is -0.475 e. The van der Waals surface area contributed by atoms with Crippen molar-refractivity contribution in [3.63, 3.8) is 0 Å². The molecule has 7 nitrogen and oxygen atoms in total. The summed E-state index contributed by atoms with van der Waals surface area (Å²) in [5, 5.41) is 11.0. The van der Waals surface area contributed by atoms with E-state index in [0.717, 1.165) is 24.0 Å². The van der Waals surface area contributed by atoms with Gasteiger partial charge in [0.25, 0.3) is 5.91 Å². The Bertz CT molecular complexity index is 863. The number of carbonyl (C=O) groups excluding carboxylic acids is 1. The lowest BCUT2D eigenvalue weighted by atomic mass is 10.1. The Morgan fingerprint density at radius 2 is 2.10 bits per heavy atom. The zero-order valence-corrected chi connectivity index (χ0v) is 17.1. The first-order valence-electron chi connectivity index (χ1n) is 9.52. The van der Waals surface area contributed by atoms with Crippen molar-refractivity contribution in [1.82, 2.24) is 9.88 Å². The van der Waals surface area contributed by atoms with Crippen LogP contribution in [-0.2, 0) is 20.9 Å². The normalized spacial score (nSPS) is 22.9. The second-order valence-corrected chi connectivity index (χ2v) is 7.78. The molecule has 1 aliphatic carbocycles. The maximum Gasteiger partial charge on any atom is 0.490 e. The topological polar surface area (TPSA) is 89.0 Å². The molecule has 1 saturated carbocycles. The number of hydrogen-bond donors (Lipinski definition) is 1. The van der Waals surface area contributed by atoms with E-state index < -0.39 is 12.1 Å². The van der Waals surface area contributed by atoms with Crippen molar-refractivity contribution in [2.45, 2.75) is 43.9 Å². The quantitative estimate of drug-likeness (QED) is 0.756. The Hall–Kier alpha value is -2.50. The van der Waals surface area contributed by atoms with Crippen LogP contribution < -0.4 is 0 Å². The molecule has 3 atom stereocenters. The molecule has 0 bridgehead atoms. The van der Waals surface area contributed by atoms with Gasteiger partial charge in [0.05, 0.1) is 30.9 Å². The van der Waals surface area contributed by atoms with Crippen molar-refractivity contribution < 1.29 is 37.3 Å². The first kappa shape index (κ1) is 23.2. The number of alkyl halides is 3. The van der Waals surface area contributed by atoms with Crippen molar-refractivity contribution in [2.75, 3.05) is 13.2 Å². The Morgan fingerprint density at radius 3 is 2.71 bits per heavy atom. The van der Waals surface area contributed by atoms with E-state index in [-0.39, 0.29) is 24.2 Å². The fourth-order valence-electron chi connectivity index (χ4n) is 3.58. The number of carbonyl (C=O) groups is 2. The van der Waals surface area contributed by atoms with Gasteiger partial charge in [-0.05, 0) is 35.9 Å². The van der Waals surface area contributed by atoms with Crippen LogP contribution in [0.15, 0.2) is 41.4 Å². The van der Waals surface area contributed by atoms with E-state index in [9.17, 15) is 18.0 Å². The lowest BCUT2D eigenvalue weighted by Gasteiger charge is -2.39. The minimum absolute atomic E-state index is 0.0296. The third-order valence-corrected chi connectivity index (χ3v) is 5.68. The van der Waals surface area contributed by atoms with Crippen LogP contribution in [0.25, 0.3) is 0 Å². The third-order valence-electron chi connectivity index (χ3n) is 4.99. The van der Waals surface area contributed by atoms with Gasteiger partial charge in [0.15, 0.2) is 0 Å². The SMILES string of the molecule is O=C(O)C(F)(F)F.O=C(c1ccsc1)N1CCO[C@H]2[C@H](OCc3cccnc3)CC[C@@H]21. The number of pyridine rings is 1. The molecular weight excluding hydrogens is 437 g/mol. The van der Waals surface area contributed by atoms with Gasteiger partial charge in [-0.3, -0.25) is 9.78 Å². The first-order valence-corrected chi connectivity index (χ1v) is 10.5. The van der Waals surface area contributed by atoms with Gasteiger partial charge in [-0.1, -0.05) is 6.07 Å². The number of rotatable bonds is 4. The van der Waals surface area contributed by atoms with E-state index in [1.165, 1.54) is 0 Å². The number of nitrogens with zero attached hydrogens (tertiary/aromatic N) is 2. The van der Waals surface area contributed by atoms with Gasteiger partial charge >= 0.3 is 12.1 Å². The smallest absolute Gasteiger partial charge is 0.475 e. The monoisotopic (exact) mass is 458 g/mol. The van der Waals surface area contributed by atoms with Crippen molar-refractivity contribution in [1.29, 1.82) is 0 Å². The first-order chi connectivity index (χ1) is 14.8. The molecule has 2 aromatic heterocycles. The summed E-state index contributed by atoms with van der Waals surface area (Å²) in [5.74, 6) is -2.64. The molecule has 2 fully saturated rings. The number of carboxylic acids is 1. The summed E-state index contributed by atoms with van der Waals surface area (Å²) in [4.78, 5) is 27.7. The van der Waals surface area contributed by atoms with Crippen LogP contribution in [0.2, 0.25) is 0 Å². The largest absolute Gasteiger partial charge is 0.490 e. The molecule has 4 rings (SSSR count). The number of morpholine rings is 1. The van der Waals surface area contributed by atoms with E-state index >= 15 is 0 Å². The zero-order chi connectivity index (χ0) is 22.4. The van der Waals surface area contributed by atoms with E-state index in [4.69, 9.17) is 19.4 Å². The summed E-state index contributed by atoms with van der Waals surface area (Å²) >= 11 is 1.55. The highest BCUT2D eigenvalue weighted by molar-refractivity contribution is 7.08. The molecule has 0 radical (unpaired) electrons. The van der Waals surface area contributed by atoms with Crippen LogP contribution in [0.4, 0.5) is 13.2 Å². The average Bonchev–Trinajstić information content (AvgIpc) is 3.42. The number of ether oxygens (including phenoxy) is 2. The van der Waals surface area contributed by atoms with Gasteiger partial charge in [0.2, 0.25) is 0 Å². The van der Waals surface area contributed by atoms with Crippen LogP contribution in [0.3, 0.4) is 0 Å². The van der Waals surface area contributed by atoms with Crippen molar-refractivity contribution in [2.24, 2.45) is 0 Å². The molecule has 11 heteroatoms. The molecule has 2 aromatic rings.